The fourth-order valence-corrected chi connectivity index (χ4v) is 0.662. The van der Waals surface area contributed by atoms with Crippen molar-refractivity contribution in [1.82, 2.24) is 0 Å². The lowest BCUT2D eigenvalue weighted by molar-refractivity contribution is 0.112. The molecular formula is C5H9NO. The molecule has 0 aromatic rings. The number of nitrogens with zero attached hydrogens (tertiary/aromatic N) is 1. The van der Waals surface area contributed by atoms with E-state index in [1.165, 1.54) is 0 Å². The predicted molar refractivity (Wildman–Crippen MR) is 28.5 cm³/mol. The van der Waals surface area contributed by atoms with Crippen LogP contribution in [0.25, 0.3) is 0 Å². The lowest BCUT2D eigenvalue weighted by Gasteiger charge is -1.99. The summed E-state index contributed by atoms with van der Waals surface area (Å²) in [7, 11) is 1.69. The van der Waals surface area contributed by atoms with E-state index in [1.807, 2.05) is 6.21 Å². The van der Waals surface area contributed by atoms with E-state index in [9.17, 15) is 0 Å². The highest BCUT2D eigenvalue weighted by Gasteiger charge is 2.06. The smallest absolute Gasteiger partial charge is 0.147 e. The van der Waals surface area contributed by atoms with E-state index >= 15 is 0 Å². The van der Waals surface area contributed by atoms with Crippen LogP contribution in [0.3, 0.4) is 0 Å². The normalized spacial score (nSPS) is 29.0. The molecule has 0 radical (unpaired) electrons. The first-order valence-electron chi connectivity index (χ1n) is 2.48. The summed E-state index contributed by atoms with van der Waals surface area (Å²) < 4.78 is 4.91. The van der Waals surface area contributed by atoms with Crippen molar-refractivity contribution in [3.8, 4) is 0 Å². The molecule has 1 unspecified atom stereocenters. The number of hydrogen-bond acceptors (Lipinski definition) is 2. The van der Waals surface area contributed by atoms with Crippen LogP contribution in [0.5, 0.6) is 0 Å². The van der Waals surface area contributed by atoms with Gasteiger partial charge in [-0.25, -0.2) is 0 Å². The molecule has 1 aliphatic heterocycles. The summed E-state index contributed by atoms with van der Waals surface area (Å²) in [4.78, 5) is 4.01. The van der Waals surface area contributed by atoms with Crippen LogP contribution in [0.2, 0.25) is 0 Å². The highest BCUT2D eigenvalue weighted by molar-refractivity contribution is 5.59. The molecule has 1 heterocycles. The molecule has 0 bridgehead atoms. The average molecular weight is 99.1 g/mol. The Bertz CT molecular complexity index is 80.1. The Hall–Kier alpha value is -0.370. The third-order valence-corrected chi connectivity index (χ3v) is 1.09. The summed E-state index contributed by atoms with van der Waals surface area (Å²) in [6, 6.07) is 0. The van der Waals surface area contributed by atoms with Gasteiger partial charge in [-0.3, -0.25) is 4.99 Å². The first-order chi connectivity index (χ1) is 3.43. The van der Waals surface area contributed by atoms with Crippen molar-refractivity contribution in [1.29, 1.82) is 0 Å². The summed E-state index contributed by atoms with van der Waals surface area (Å²) in [5.41, 5.74) is 0. The highest BCUT2D eigenvalue weighted by atomic mass is 16.5. The Balaban J connectivity index is 2.28. The molecule has 40 valence electrons. The largest absolute Gasteiger partial charge is 0.360 e. The Kier molecular flexibility index (Phi) is 1.42. The Morgan fingerprint density at radius 2 is 2.71 bits per heavy atom. The van der Waals surface area contributed by atoms with Crippen LogP contribution < -0.4 is 0 Å². The van der Waals surface area contributed by atoms with E-state index in [0.717, 1.165) is 12.8 Å². The molecule has 7 heavy (non-hydrogen) atoms. The van der Waals surface area contributed by atoms with Gasteiger partial charge in [-0.2, -0.15) is 0 Å². The minimum absolute atomic E-state index is 0.167. The number of aliphatic imine (C=N–C) groups is 1. The molecule has 1 aliphatic rings. The first kappa shape index (κ1) is 4.78. The molecule has 0 N–H and O–H groups in total. The quantitative estimate of drug-likeness (QED) is 0.477. The molecule has 0 saturated carbocycles. The van der Waals surface area contributed by atoms with Crippen molar-refractivity contribution >= 4 is 6.21 Å². The van der Waals surface area contributed by atoms with Crippen molar-refractivity contribution < 1.29 is 4.74 Å². The first-order valence-corrected chi connectivity index (χ1v) is 2.48. The summed E-state index contributed by atoms with van der Waals surface area (Å²) in [6.45, 7) is 0. The van der Waals surface area contributed by atoms with Gasteiger partial charge in [-0.05, 0) is 12.8 Å². The SMILES string of the molecule is COC1CCC=N1. The standard InChI is InChI=1S/C5H9NO/c1-7-5-3-2-4-6-5/h4-5H,2-3H2,1H3. The van der Waals surface area contributed by atoms with E-state index in [4.69, 9.17) is 4.74 Å². The maximum absolute atomic E-state index is 4.91. The Labute approximate surface area is 43.2 Å². The highest BCUT2D eigenvalue weighted by Crippen LogP contribution is 2.06. The van der Waals surface area contributed by atoms with Crippen LogP contribution in [0.15, 0.2) is 4.99 Å². The van der Waals surface area contributed by atoms with Gasteiger partial charge in [-0.15, -0.1) is 0 Å². The van der Waals surface area contributed by atoms with Gasteiger partial charge in [-0.1, -0.05) is 0 Å². The Morgan fingerprint density at radius 3 is 3.00 bits per heavy atom. The summed E-state index contributed by atoms with van der Waals surface area (Å²) in [6.07, 6.45) is 4.23. The van der Waals surface area contributed by atoms with Crippen LogP contribution in [0, 0.1) is 0 Å². The van der Waals surface area contributed by atoms with Gasteiger partial charge >= 0.3 is 0 Å². The number of ether oxygens (including phenoxy) is 1. The predicted octanol–water partition coefficient (Wildman–Crippen LogP) is 0.824. The van der Waals surface area contributed by atoms with Gasteiger partial charge in [0.15, 0.2) is 0 Å². The van der Waals surface area contributed by atoms with Crippen LogP contribution >= 0.6 is 0 Å². The van der Waals surface area contributed by atoms with Gasteiger partial charge < -0.3 is 4.74 Å². The van der Waals surface area contributed by atoms with Crippen LogP contribution in [-0.2, 0) is 4.74 Å². The molecule has 0 aromatic carbocycles. The third kappa shape index (κ3) is 0.996. The zero-order valence-corrected chi connectivity index (χ0v) is 4.42. The van der Waals surface area contributed by atoms with Gasteiger partial charge in [0.05, 0.1) is 0 Å². The molecule has 0 aromatic heterocycles. The average Bonchev–Trinajstić information content (AvgIpc) is 2.14. The Morgan fingerprint density at radius 1 is 1.86 bits per heavy atom. The monoisotopic (exact) mass is 99.1 g/mol. The van der Waals surface area contributed by atoms with Crippen molar-refractivity contribution in [2.45, 2.75) is 19.1 Å². The second-order valence-electron chi connectivity index (χ2n) is 1.60. The van der Waals surface area contributed by atoms with E-state index in [-0.39, 0.29) is 6.23 Å². The molecule has 2 heteroatoms. The van der Waals surface area contributed by atoms with Gasteiger partial charge in [0.25, 0.3) is 0 Å². The topological polar surface area (TPSA) is 21.6 Å². The summed E-state index contributed by atoms with van der Waals surface area (Å²) >= 11 is 0. The zero-order valence-electron chi connectivity index (χ0n) is 4.42. The number of methoxy groups -OCH3 is 1. The van der Waals surface area contributed by atoms with Crippen molar-refractivity contribution in [2.75, 3.05) is 7.11 Å². The maximum atomic E-state index is 4.91. The van der Waals surface area contributed by atoms with Crippen molar-refractivity contribution in [2.24, 2.45) is 4.99 Å². The molecule has 0 fully saturated rings. The van der Waals surface area contributed by atoms with Crippen molar-refractivity contribution in [3.05, 3.63) is 0 Å². The third-order valence-electron chi connectivity index (χ3n) is 1.09. The van der Waals surface area contributed by atoms with Crippen LogP contribution in [0.1, 0.15) is 12.8 Å². The molecule has 2 nitrogen and oxygen atoms in total. The number of rotatable bonds is 1. The molecule has 1 rings (SSSR count). The fourth-order valence-electron chi connectivity index (χ4n) is 0.662. The van der Waals surface area contributed by atoms with E-state index in [1.54, 1.807) is 7.11 Å². The maximum Gasteiger partial charge on any atom is 0.147 e. The zero-order chi connectivity index (χ0) is 5.11. The molecule has 0 spiro atoms. The lowest BCUT2D eigenvalue weighted by Crippen LogP contribution is -1.99. The second kappa shape index (κ2) is 2.07. The minimum atomic E-state index is 0.167. The van der Waals surface area contributed by atoms with E-state index < -0.39 is 0 Å². The molecule has 0 aliphatic carbocycles. The fraction of sp³-hybridized carbons (Fsp3) is 0.800. The molecule has 0 amide bonds. The van der Waals surface area contributed by atoms with Crippen molar-refractivity contribution in [3.63, 3.8) is 0 Å². The summed E-state index contributed by atoms with van der Waals surface area (Å²) in [5.74, 6) is 0. The second-order valence-corrected chi connectivity index (χ2v) is 1.60. The minimum Gasteiger partial charge on any atom is -0.360 e. The number of hydrogen-bond donors (Lipinski definition) is 0. The van der Waals surface area contributed by atoms with Crippen LogP contribution in [-0.4, -0.2) is 19.6 Å². The van der Waals surface area contributed by atoms with Crippen LogP contribution in [0.4, 0.5) is 0 Å². The summed E-state index contributed by atoms with van der Waals surface area (Å²) in [5, 5.41) is 0. The lowest BCUT2D eigenvalue weighted by atomic mass is 10.4. The molecule has 1 atom stereocenters. The van der Waals surface area contributed by atoms with Gasteiger partial charge in [0, 0.05) is 13.3 Å². The molecular weight excluding hydrogens is 90.1 g/mol. The van der Waals surface area contributed by atoms with E-state index in [2.05, 4.69) is 4.99 Å². The van der Waals surface area contributed by atoms with Gasteiger partial charge in [0.1, 0.15) is 6.23 Å². The van der Waals surface area contributed by atoms with Gasteiger partial charge in [0.2, 0.25) is 0 Å². The molecule has 0 saturated heterocycles. The van der Waals surface area contributed by atoms with E-state index in [0.29, 0.717) is 0 Å².